The molecule has 1 saturated heterocycles. The van der Waals surface area contributed by atoms with Crippen molar-refractivity contribution in [1.29, 1.82) is 0 Å². The highest BCUT2D eigenvalue weighted by Crippen LogP contribution is 2.30. The number of anilines is 1. The van der Waals surface area contributed by atoms with E-state index in [0.29, 0.717) is 35.0 Å². The molecule has 1 saturated carbocycles. The normalized spacial score (nSPS) is 26.0. The summed E-state index contributed by atoms with van der Waals surface area (Å²) < 4.78 is 26.7. The van der Waals surface area contributed by atoms with Crippen LogP contribution in [0.5, 0.6) is 0 Å². The molecule has 2 aromatic rings. The van der Waals surface area contributed by atoms with Crippen LogP contribution in [0, 0.1) is 11.8 Å². The molecule has 2 aromatic heterocycles. The molecule has 4 N–H and O–H groups in total. The molecule has 0 spiro atoms. The molecule has 3 heterocycles. The van der Waals surface area contributed by atoms with Crippen LogP contribution < -0.4 is 10.5 Å². The topological polar surface area (TPSA) is 148 Å². The highest BCUT2D eigenvalue weighted by atomic mass is 32.2. The van der Waals surface area contributed by atoms with E-state index >= 15 is 0 Å². The van der Waals surface area contributed by atoms with E-state index in [4.69, 9.17) is 5.14 Å². The van der Waals surface area contributed by atoms with Crippen LogP contribution in [0.4, 0.5) is 5.82 Å². The number of aromatic nitrogens is 2. The van der Waals surface area contributed by atoms with Crippen molar-refractivity contribution >= 4 is 33.2 Å². The molecule has 2 fully saturated rings. The number of aliphatic hydroxyl groups excluding tert-OH is 1. The maximum absolute atomic E-state index is 13.3. The van der Waals surface area contributed by atoms with Crippen molar-refractivity contribution in [2.24, 2.45) is 17.0 Å². The smallest absolute Gasteiger partial charge is 0.333 e. The number of hydrogen-bond acceptors (Lipinski definition) is 10. The van der Waals surface area contributed by atoms with Crippen molar-refractivity contribution in [3.8, 4) is 0 Å². The zero-order valence-corrected chi connectivity index (χ0v) is 20.7. The monoisotopic (exact) mass is 509 g/mol. The Kier molecular flexibility index (Phi) is 7.95. The minimum atomic E-state index is -4.07. The van der Waals surface area contributed by atoms with Gasteiger partial charge in [0.2, 0.25) is 5.78 Å². The summed E-state index contributed by atoms with van der Waals surface area (Å²) in [5.41, 5.74) is 1.49. The molecule has 10 nitrogen and oxygen atoms in total. The lowest BCUT2D eigenvalue weighted by Gasteiger charge is -2.30. The number of nitrogens with one attached hydrogen (secondary N) is 1. The molecule has 0 radical (unpaired) electrons. The number of nitrogens with two attached hydrogens (primary N) is 1. The van der Waals surface area contributed by atoms with E-state index in [1.54, 1.807) is 0 Å². The van der Waals surface area contributed by atoms with Crippen LogP contribution in [0.1, 0.15) is 53.4 Å². The number of rotatable bonds is 9. The minimum Gasteiger partial charge on any atom is -0.393 e. The van der Waals surface area contributed by atoms with E-state index in [-0.39, 0.29) is 18.4 Å². The molecule has 12 heteroatoms. The molecule has 1 aliphatic carbocycles. The Hall–Kier alpha value is -1.96. The average Bonchev–Trinajstić information content (AvgIpc) is 3.38. The molecule has 4 atom stereocenters. The fourth-order valence-corrected chi connectivity index (χ4v) is 6.01. The van der Waals surface area contributed by atoms with Gasteiger partial charge in [-0.2, -0.15) is 8.42 Å². The number of carbonyl (C=O) groups excluding carboxylic acids is 1. The van der Waals surface area contributed by atoms with Gasteiger partial charge in [-0.15, -0.1) is 11.3 Å². The Morgan fingerprint density at radius 3 is 3.00 bits per heavy atom. The van der Waals surface area contributed by atoms with E-state index in [2.05, 4.69) is 31.3 Å². The van der Waals surface area contributed by atoms with Crippen LogP contribution in [-0.4, -0.2) is 66.0 Å². The second kappa shape index (κ2) is 10.8. The Morgan fingerprint density at radius 1 is 1.41 bits per heavy atom. The molecule has 1 unspecified atom stereocenters. The second-order valence-electron chi connectivity index (χ2n) is 9.33. The molecule has 0 bridgehead atoms. The summed E-state index contributed by atoms with van der Waals surface area (Å²) in [7, 11) is -4.07. The van der Waals surface area contributed by atoms with Crippen LogP contribution in [0.15, 0.2) is 24.0 Å². The standard InChI is InChI=1S/C22H31N5O5S2/c1-14-3-2-4-27(9-14)10-15-5-20(33-12-15)21(29)18-8-24-13-25-22(18)26-17-6-16(19(28)7-17)11-32-34(23,30)31/h5,8,12-14,16-17,19,28H,2-4,6-7,9-11H2,1H3,(H2,23,30,31)(H,24,25,26)/t14?,16-,17-,19+/m1/s1. The van der Waals surface area contributed by atoms with Gasteiger partial charge in [0.25, 0.3) is 0 Å². The Labute approximate surface area is 203 Å². The Balaban J connectivity index is 1.40. The number of hydrogen-bond donors (Lipinski definition) is 3. The highest BCUT2D eigenvalue weighted by molar-refractivity contribution is 7.84. The molecule has 0 amide bonds. The van der Waals surface area contributed by atoms with Crippen molar-refractivity contribution in [3.05, 3.63) is 40.0 Å². The number of ketones is 1. The van der Waals surface area contributed by atoms with Gasteiger partial charge in [-0.3, -0.25) is 13.9 Å². The summed E-state index contributed by atoms with van der Waals surface area (Å²) in [4.78, 5) is 24.6. The maximum Gasteiger partial charge on any atom is 0.333 e. The Morgan fingerprint density at radius 2 is 2.24 bits per heavy atom. The first-order valence-corrected chi connectivity index (χ1v) is 13.8. The first-order valence-electron chi connectivity index (χ1n) is 11.4. The number of thiophene rings is 1. The molecule has 4 rings (SSSR count). The number of piperidine rings is 1. The summed E-state index contributed by atoms with van der Waals surface area (Å²) in [6.45, 7) is 5.09. The van der Waals surface area contributed by atoms with Crippen LogP contribution in [0.25, 0.3) is 0 Å². The van der Waals surface area contributed by atoms with Gasteiger partial charge in [-0.25, -0.2) is 15.1 Å². The SMILES string of the molecule is CC1CCCN(Cc2csc(C(=O)c3cncnc3N[C@@H]3C[C@H](COS(N)(=O)=O)[C@@H](O)C3)c2)C1. The third kappa shape index (κ3) is 6.58. The van der Waals surface area contributed by atoms with Crippen molar-refractivity contribution in [3.63, 3.8) is 0 Å². The molecule has 34 heavy (non-hydrogen) atoms. The average molecular weight is 510 g/mol. The Bertz CT molecular complexity index is 1110. The number of carbonyl (C=O) groups is 1. The zero-order valence-electron chi connectivity index (χ0n) is 19.1. The maximum atomic E-state index is 13.3. The van der Waals surface area contributed by atoms with E-state index in [0.717, 1.165) is 25.2 Å². The third-order valence-corrected chi connectivity index (χ3v) is 7.87. The van der Waals surface area contributed by atoms with Crippen molar-refractivity contribution in [2.75, 3.05) is 25.0 Å². The lowest BCUT2D eigenvalue weighted by molar-refractivity contribution is 0.101. The predicted molar refractivity (Wildman–Crippen MR) is 129 cm³/mol. The fraction of sp³-hybridized carbons (Fsp3) is 0.591. The van der Waals surface area contributed by atoms with Crippen LogP contribution in [-0.2, 0) is 21.0 Å². The highest BCUT2D eigenvalue weighted by Gasteiger charge is 2.35. The van der Waals surface area contributed by atoms with Crippen molar-refractivity contribution in [2.45, 2.75) is 51.3 Å². The molecule has 1 aliphatic heterocycles. The third-order valence-electron chi connectivity index (χ3n) is 6.43. The van der Waals surface area contributed by atoms with Gasteiger partial charge in [-0.1, -0.05) is 6.92 Å². The largest absolute Gasteiger partial charge is 0.393 e. The lowest BCUT2D eigenvalue weighted by Crippen LogP contribution is -2.33. The summed E-state index contributed by atoms with van der Waals surface area (Å²) in [5, 5.41) is 20.4. The van der Waals surface area contributed by atoms with E-state index in [1.165, 1.54) is 36.7 Å². The number of aliphatic hydroxyl groups is 1. The van der Waals surface area contributed by atoms with Gasteiger partial charge in [-0.05, 0) is 55.2 Å². The quantitative estimate of drug-likeness (QED) is 0.430. The predicted octanol–water partition coefficient (Wildman–Crippen LogP) is 1.77. The molecule has 186 valence electrons. The van der Waals surface area contributed by atoms with E-state index in [1.807, 2.05) is 11.4 Å². The van der Waals surface area contributed by atoms with Crippen LogP contribution in [0.2, 0.25) is 0 Å². The zero-order chi connectivity index (χ0) is 24.3. The summed E-state index contributed by atoms with van der Waals surface area (Å²) >= 11 is 1.42. The van der Waals surface area contributed by atoms with E-state index in [9.17, 15) is 18.3 Å². The van der Waals surface area contributed by atoms with Crippen LogP contribution in [0.3, 0.4) is 0 Å². The second-order valence-corrected chi connectivity index (χ2v) is 11.5. The number of nitrogens with zero attached hydrogens (tertiary/aromatic N) is 3. The van der Waals surface area contributed by atoms with E-state index < -0.39 is 22.3 Å². The summed E-state index contributed by atoms with van der Waals surface area (Å²) in [5.74, 6) is 0.543. The number of likely N-dealkylation sites (tertiary alicyclic amines) is 1. The molecular weight excluding hydrogens is 478 g/mol. The first kappa shape index (κ1) is 25.1. The van der Waals surface area contributed by atoms with Gasteiger partial charge in [0.05, 0.1) is 23.2 Å². The summed E-state index contributed by atoms with van der Waals surface area (Å²) in [6, 6.07) is 1.74. The molecule has 2 aliphatic rings. The minimum absolute atomic E-state index is 0.154. The molecule has 0 aromatic carbocycles. The van der Waals surface area contributed by atoms with Gasteiger partial charge in [0.1, 0.15) is 12.1 Å². The summed E-state index contributed by atoms with van der Waals surface area (Å²) in [6.07, 6.45) is 5.40. The van der Waals surface area contributed by atoms with Gasteiger partial charge in [0, 0.05) is 31.2 Å². The van der Waals surface area contributed by atoms with Crippen LogP contribution >= 0.6 is 11.3 Å². The first-order chi connectivity index (χ1) is 16.2. The van der Waals surface area contributed by atoms with Crippen molar-refractivity contribution in [1.82, 2.24) is 14.9 Å². The van der Waals surface area contributed by atoms with Gasteiger partial charge in [0.15, 0.2) is 0 Å². The van der Waals surface area contributed by atoms with Crippen molar-refractivity contribution < 1.29 is 22.5 Å². The fourth-order valence-electron chi connectivity index (χ4n) is 4.78. The lowest BCUT2D eigenvalue weighted by atomic mass is 10.00. The van der Waals surface area contributed by atoms with Gasteiger partial charge < -0.3 is 10.4 Å². The van der Waals surface area contributed by atoms with Gasteiger partial charge >= 0.3 is 10.3 Å². The molecular formula is C22H31N5O5S2.